The van der Waals surface area contributed by atoms with Gasteiger partial charge in [-0.15, -0.1) is 0 Å². The molecule has 3 rings (SSSR count). The van der Waals surface area contributed by atoms with Crippen LogP contribution in [0.4, 0.5) is 11.5 Å². The van der Waals surface area contributed by atoms with E-state index in [4.69, 9.17) is 0 Å². The molecule has 23 heavy (non-hydrogen) atoms. The highest BCUT2D eigenvalue weighted by Gasteiger charge is 2.20. The Balaban J connectivity index is 1.87. The molecule has 0 radical (unpaired) electrons. The van der Waals surface area contributed by atoms with E-state index in [1.165, 1.54) is 12.1 Å². The Morgan fingerprint density at radius 3 is 2.35 bits per heavy atom. The highest BCUT2D eigenvalue weighted by molar-refractivity contribution is 5.72. The maximum atomic E-state index is 10.8. The van der Waals surface area contributed by atoms with Crippen molar-refractivity contribution in [3.8, 4) is 11.3 Å². The van der Waals surface area contributed by atoms with Gasteiger partial charge in [-0.2, -0.15) is 0 Å². The predicted octanol–water partition coefficient (Wildman–Crippen LogP) is 2.19. The Morgan fingerprint density at radius 2 is 1.74 bits per heavy atom. The lowest BCUT2D eigenvalue weighted by Gasteiger charge is -2.35. The zero-order valence-corrected chi connectivity index (χ0v) is 13.1. The fraction of sp³-hybridized carbons (Fsp3) is 0.375. The summed E-state index contributed by atoms with van der Waals surface area (Å²) < 4.78 is 0. The van der Waals surface area contributed by atoms with E-state index in [9.17, 15) is 10.1 Å². The number of hydrogen-bond acceptors (Lipinski definition) is 6. The van der Waals surface area contributed by atoms with Crippen LogP contribution < -0.4 is 4.90 Å². The molecular formula is C16H19N5O2. The average molecular weight is 313 g/mol. The summed E-state index contributed by atoms with van der Waals surface area (Å²) in [4.78, 5) is 24.0. The smallest absolute Gasteiger partial charge is 0.269 e. The number of piperazine rings is 1. The van der Waals surface area contributed by atoms with Gasteiger partial charge in [0, 0.05) is 56.3 Å². The lowest BCUT2D eigenvalue weighted by Crippen LogP contribution is -2.46. The van der Waals surface area contributed by atoms with Crippen molar-refractivity contribution in [1.82, 2.24) is 14.9 Å². The van der Waals surface area contributed by atoms with Gasteiger partial charge in [-0.25, -0.2) is 4.98 Å². The molecule has 1 aliphatic rings. The van der Waals surface area contributed by atoms with Crippen molar-refractivity contribution in [3.63, 3.8) is 0 Å². The van der Waals surface area contributed by atoms with Crippen molar-refractivity contribution in [3.05, 3.63) is 46.8 Å². The highest BCUT2D eigenvalue weighted by atomic mass is 16.6. The van der Waals surface area contributed by atoms with E-state index in [2.05, 4.69) is 26.7 Å². The third-order valence-corrected chi connectivity index (χ3v) is 4.15. The summed E-state index contributed by atoms with van der Waals surface area (Å²) in [7, 11) is 0. The molecule has 0 saturated carbocycles. The maximum absolute atomic E-state index is 10.8. The molecule has 120 valence electrons. The first-order valence-corrected chi connectivity index (χ1v) is 7.72. The van der Waals surface area contributed by atoms with Crippen LogP contribution in [0, 0.1) is 10.1 Å². The van der Waals surface area contributed by atoms with E-state index in [1.54, 1.807) is 24.5 Å². The molecule has 0 spiro atoms. The molecule has 1 aliphatic heterocycles. The number of nitro benzene ring substituents is 1. The summed E-state index contributed by atoms with van der Waals surface area (Å²) in [6.07, 6.45) is 3.35. The third kappa shape index (κ3) is 3.29. The molecule has 2 aromatic rings. The normalized spacial score (nSPS) is 15.6. The number of non-ortho nitro benzene ring substituents is 1. The highest BCUT2D eigenvalue weighted by Crippen LogP contribution is 2.28. The Labute approximate surface area is 134 Å². The van der Waals surface area contributed by atoms with Crippen LogP contribution in [0.1, 0.15) is 6.92 Å². The van der Waals surface area contributed by atoms with Crippen LogP contribution in [0.25, 0.3) is 11.3 Å². The second-order valence-electron chi connectivity index (χ2n) is 5.45. The van der Waals surface area contributed by atoms with Crippen LogP contribution in [0.5, 0.6) is 0 Å². The molecule has 0 bridgehead atoms. The molecule has 7 nitrogen and oxygen atoms in total. The van der Waals surface area contributed by atoms with E-state index < -0.39 is 4.92 Å². The molecule has 0 aliphatic carbocycles. The Kier molecular flexibility index (Phi) is 4.47. The van der Waals surface area contributed by atoms with Crippen molar-refractivity contribution in [2.24, 2.45) is 0 Å². The second kappa shape index (κ2) is 6.70. The molecule has 2 heterocycles. The summed E-state index contributed by atoms with van der Waals surface area (Å²) in [6.45, 7) is 7.06. The van der Waals surface area contributed by atoms with Crippen molar-refractivity contribution in [1.29, 1.82) is 0 Å². The van der Waals surface area contributed by atoms with Gasteiger partial charge in [0.15, 0.2) is 5.82 Å². The largest absolute Gasteiger partial charge is 0.352 e. The lowest BCUT2D eigenvalue weighted by atomic mass is 10.1. The number of aromatic nitrogens is 2. The molecule has 1 aromatic heterocycles. The summed E-state index contributed by atoms with van der Waals surface area (Å²) in [5.41, 5.74) is 1.69. The van der Waals surface area contributed by atoms with Gasteiger partial charge in [-0.3, -0.25) is 15.1 Å². The van der Waals surface area contributed by atoms with Gasteiger partial charge in [-0.05, 0) is 18.7 Å². The van der Waals surface area contributed by atoms with Gasteiger partial charge in [0.2, 0.25) is 0 Å². The fourth-order valence-electron chi connectivity index (χ4n) is 2.78. The number of anilines is 1. The molecule has 7 heteroatoms. The van der Waals surface area contributed by atoms with Gasteiger partial charge >= 0.3 is 0 Å². The van der Waals surface area contributed by atoms with Gasteiger partial charge in [0.05, 0.1) is 4.92 Å². The number of hydrogen-bond donors (Lipinski definition) is 0. The number of benzene rings is 1. The van der Waals surface area contributed by atoms with E-state index in [1.807, 2.05) is 0 Å². The minimum absolute atomic E-state index is 0.0794. The van der Waals surface area contributed by atoms with Gasteiger partial charge in [-0.1, -0.05) is 6.92 Å². The standard InChI is InChI=1S/C16H19N5O2/c1-2-19-9-11-20(12-10-19)16-15(17-7-8-18-16)13-3-5-14(6-4-13)21(22)23/h3-8H,2,9-12H2,1H3. The lowest BCUT2D eigenvalue weighted by molar-refractivity contribution is -0.384. The third-order valence-electron chi connectivity index (χ3n) is 4.15. The number of nitro groups is 1. The number of likely N-dealkylation sites (N-methyl/N-ethyl adjacent to an activating group) is 1. The average Bonchev–Trinajstić information content (AvgIpc) is 2.62. The Morgan fingerprint density at radius 1 is 1.09 bits per heavy atom. The molecule has 1 saturated heterocycles. The van der Waals surface area contributed by atoms with Crippen molar-refractivity contribution in [2.75, 3.05) is 37.6 Å². The predicted molar refractivity (Wildman–Crippen MR) is 88.4 cm³/mol. The van der Waals surface area contributed by atoms with E-state index >= 15 is 0 Å². The summed E-state index contributed by atoms with van der Waals surface area (Å²) >= 11 is 0. The first kappa shape index (κ1) is 15.4. The molecule has 1 fully saturated rings. The van der Waals surface area contributed by atoms with Crippen molar-refractivity contribution in [2.45, 2.75) is 6.92 Å². The summed E-state index contributed by atoms with van der Waals surface area (Å²) in [6, 6.07) is 6.47. The summed E-state index contributed by atoms with van der Waals surface area (Å²) in [5, 5.41) is 10.8. The first-order valence-electron chi connectivity index (χ1n) is 7.72. The number of rotatable bonds is 4. The maximum Gasteiger partial charge on any atom is 0.269 e. The molecule has 1 aromatic carbocycles. The SMILES string of the molecule is CCN1CCN(c2nccnc2-c2ccc([N+](=O)[O-])cc2)CC1. The quantitative estimate of drug-likeness (QED) is 0.636. The minimum atomic E-state index is -0.397. The molecule has 0 N–H and O–H groups in total. The van der Waals surface area contributed by atoms with Gasteiger partial charge in [0.1, 0.15) is 5.69 Å². The van der Waals surface area contributed by atoms with Crippen LogP contribution in [0.3, 0.4) is 0 Å². The second-order valence-corrected chi connectivity index (χ2v) is 5.45. The number of nitrogens with zero attached hydrogens (tertiary/aromatic N) is 5. The van der Waals surface area contributed by atoms with E-state index in [0.29, 0.717) is 0 Å². The zero-order chi connectivity index (χ0) is 16.2. The first-order chi connectivity index (χ1) is 11.2. The van der Waals surface area contributed by atoms with Crippen LogP contribution in [-0.4, -0.2) is 52.5 Å². The fourth-order valence-corrected chi connectivity index (χ4v) is 2.78. The van der Waals surface area contributed by atoms with Crippen LogP contribution >= 0.6 is 0 Å². The minimum Gasteiger partial charge on any atom is -0.352 e. The Hall–Kier alpha value is -2.54. The van der Waals surface area contributed by atoms with Gasteiger partial charge in [0.25, 0.3) is 5.69 Å². The van der Waals surface area contributed by atoms with E-state index in [-0.39, 0.29) is 5.69 Å². The molecule has 0 amide bonds. The van der Waals surface area contributed by atoms with Gasteiger partial charge < -0.3 is 9.80 Å². The molecular weight excluding hydrogens is 294 g/mol. The zero-order valence-electron chi connectivity index (χ0n) is 13.1. The summed E-state index contributed by atoms with van der Waals surface area (Å²) in [5.74, 6) is 0.845. The monoisotopic (exact) mass is 313 g/mol. The van der Waals surface area contributed by atoms with Crippen LogP contribution in [0.2, 0.25) is 0 Å². The molecule has 0 unspecified atom stereocenters. The topological polar surface area (TPSA) is 75.4 Å². The molecule has 0 atom stereocenters. The van der Waals surface area contributed by atoms with E-state index in [0.717, 1.165) is 49.8 Å². The van der Waals surface area contributed by atoms with Crippen molar-refractivity contribution < 1.29 is 4.92 Å². The Bertz CT molecular complexity index is 681. The van der Waals surface area contributed by atoms with Crippen LogP contribution in [-0.2, 0) is 0 Å². The van der Waals surface area contributed by atoms with Crippen LogP contribution in [0.15, 0.2) is 36.7 Å². The van der Waals surface area contributed by atoms with Crippen molar-refractivity contribution >= 4 is 11.5 Å².